The van der Waals surface area contributed by atoms with E-state index in [1.54, 1.807) is 11.3 Å². The van der Waals surface area contributed by atoms with Crippen molar-refractivity contribution in [3.05, 3.63) is 21.3 Å². The molecule has 2 N–H and O–H groups in total. The standard InChI is InChI=1S/C14H22ClNOS/c1-10(13-6-7-14(15)18-13)16-8-11-4-2-3-5-12(11)9-17/h6-7,10-12,16-17H,2-5,8-9H2,1H3. The van der Waals surface area contributed by atoms with Crippen LogP contribution in [-0.4, -0.2) is 18.3 Å². The van der Waals surface area contributed by atoms with Gasteiger partial charge in [-0.1, -0.05) is 24.4 Å². The van der Waals surface area contributed by atoms with Crippen LogP contribution < -0.4 is 5.32 Å². The van der Waals surface area contributed by atoms with Crippen molar-refractivity contribution >= 4 is 22.9 Å². The Hall–Kier alpha value is -0.0900. The van der Waals surface area contributed by atoms with Gasteiger partial charge in [0.15, 0.2) is 0 Å². The molecule has 0 radical (unpaired) electrons. The van der Waals surface area contributed by atoms with Gasteiger partial charge in [-0.15, -0.1) is 11.3 Å². The summed E-state index contributed by atoms with van der Waals surface area (Å²) in [7, 11) is 0. The fraction of sp³-hybridized carbons (Fsp3) is 0.714. The molecule has 1 aromatic rings. The van der Waals surface area contributed by atoms with Gasteiger partial charge in [-0.05, 0) is 50.3 Å². The van der Waals surface area contributed by atoms with Gasteiger partial charge in [0.2, 0.25) is 0 Å². The Morgan fingerprint density at radius 2 is 2.11 bits per heavy atom. The lowest BCUT2D eigenvalue weighted by Gasteiger charge is -2.31. The van der Waals surface area contributed by atoms with Crippen LogP contribution in [0.4, 0.5) is 0 Å². The molecular weight excluding hydrogens is 266 g/mol. The highest BCUT2D eigenvalue weighted by Crippen LogP contribution is 2.31. The zero-order chi connectivity index (χ0) is 13.0. The number of hydrogen-bond donors (Lipinski definition) is 2. The third-order valence-electron chi connectivity index (χ3n) is 4.01. The Labute approximate surface area is 118 Å². The zero-order valence-corrected chi connectivity index (χ0v) is 12.4. The molecule has 18 heavy (non-hydrogen) atoms. The third kappa shape index (κ3) is 3.70. The lowest BCUT2D eigenvalue weighted by Crippen LogP contribution is -2.33. The van der Waals surface area contributed by atoms with Crippen LogP contribution in [0, 0.1) is 11.8 Å². The van der Waals surface area contributed by atoms with E-state index in [0.29, 0.717) is 24.5 Å². The molecule has 0 amide bonds. The van der Waals surface area contributed by atoms with Crippen molar-refractivity contribution < 1.29 is 5.11 Å². The van der Waals surface area contributed by atoms with Crippen molar-refractivity contribution in [2.24, 2.45) is 11.8 Å². The van der Waals surface area contributed by atoms with E-state index in [1.165, 1.54) is 30.6 Å². The van der Waals surface area contributed by atoms with Gasteiger partial charge in [0.1, 0.15) is 0 Å². The summed E-state index contributed by atoms with van der Waals surface area (Å²) in [4.78, 5) is 1.29. The first-order valence-electron chi connectivity index (χ1n) is 6.80. The normalized spacial score (nSPS) is 26.2. The Bertz CT molecular complexity index is 368. The SMILES string of the molecule is CC(NCC1CCCCC1CO)c1ccc(Cl)s1. The van der Waals surface area contributed by atoms with E-state index in [0.717, 1.165) is 10.9 Å². The first kappa shape index (κ1) is 14.3. The molecule has 1 aromatic heterocycles. The fourth-order valence-electron chi connectivity index (χ4n) is 2.78. The Balaban J connectivity index is 1.83. The van der Waals surface area contributed by atoms with Gasteiger partial charge >= 0.3 is 0 Å². The van der Waals surface area contributed by atoms with Gasteiger partial charge in [0, 0.05) is 17.5 Å². The first-order chi connectivity index (χ1) is 8.70. The van der Waals surface area contributed by atoms with E-state index in [9.17, 15) is 5.11 Å². The number of aliphatic hydroxyl groups excluding tert-OH is 1. The Morgan fingerprint density at radius 1 is 1.39 bits per heavy atom. The monoisotopic (exact) mass is 287 g/mol. The average Bonchev–Trinajstić information content (AvgIpc) is 2.83. The number of nitrogens with one attached hydrogen (secondary N) is 1. The number of rotatable bonds is 5. The van der Waals surface area contributed by atoms with Crippen molar-refractivity contribution in [2.75, 3.05) is 13.2 Å². The van der Waals surface area contributed by atoms with Crippen LogP contribution in [0.5, 0.6) is 0 Å². The summed E-state index contributed by atoms with van der Waals surface area (Å²) in [6.45, 7) is 3.52. The van der Waals surface area contributed by atoms with Crippen molar-refractivity contribution in [1.29, 1.82) is 0 Å². The minimum atomic E-state index is 0.339. The second kappa shape index (κ2) is 6.90. The molecule has 3 unspecified atom stereocenters. The molecule has 1 aliphatic rings. The molecule has 2 rings (SSSR count). The zero-order valence-electron chi connectivity index (χ0n) is 10.9. The predicted octanol–water partition coefficient (Wildman–Crippen LogP) is 3.85. The van der Waals surface area contributed by atoms with E-state index in [2.05, 4.69) is 18.3 Å². The van der Waals surface area contributed by atoms with Gasteiger partial charge in [0.05, 0.1) is 4.34 Å². The third-order valence-corrected chi connectivity index (χ3v) is 5.42. The van der Waals surface area contributed by atoms with Crippen molar-refractivity contribution in [3.8, 4) is 0 Å². The number of aliphatic hydroxyl groups is 1. The number of hydrogen-bond acceptors (Lipinski definition) is 3. The number of thiophene rings is 1. The van der Waals surface area contributed by atoms with E-state index in [4.69, 9.17) is 11.6 Å². The van der Waals surface area contributed by atoms with Crippen LogP contribution >= 0.6 is 22.9 Å². The largest absolute Gasteiger partial charge is 0.396 e. The summed E-state index contributed by atoms with van der Waals surface area (Å²) in [6.07, 6.45) is 5.01. The van der Waals surface area contributed by atoms with E-state index < -0.39 is 0 Å². The van der Waals surface area contributed by atoms with Crippen LogP contribution in [0.15, 0.2) is 12.1 Å². The molecule has 0 saturated heterocycles. The predicted molar refractivity (Wildman–Crippen MR) is 78.3 cm³/mol. The van der Waals surface area contributed by atoms with Crippen LogP contribution in [0.3, 0.4) is 0 Å². The maximum Gasteiger partial charge on any atom is 0.0931 e. The van der Waals surface area contributed by atoms with Crippen LogP contribution in [-0.2, 0) is 0 Å². The summed E-state index contributed by atoms with van der Waals surface area (Å²) < 4.78 is 0.851. The van der Waals surface area contributed by atoms with Crippen LogP contribution in [0.2, 0.25) is 4.34 Å². The lowest BCUT2D eigenvalue weighted by molar-refractivity contribution is 0.131. The molecule has 2 nitrogen and oxygen atoms in total. The summed E-state index contributed by atoms with van der Waals surface area (Å²) in [6, 6.07) is 4.40. The summed E-state index contributed by atoms with van der Waals surface area (Å²) in [5.41, 5.74) is 0. The van der Waals surface area contributed by atoms with E-state index >= 15 is 0 Å². The van der Waals surface area contributed by atoms with Crippen molar-refractivity contribution in [3.63, 3.8) is 0 Å². The van der Waals surface area contributed by atoms with Gasteiger partial charge in [-0.25, -0.2) is 0 Å². The molecule has 0 spiro atoms. The van der Waals surface area contributed by atoms with Gasteiger partial charge in [0.25, 0.3) is 0 Å². The highest BCUT2D eigenvalue weighted by molar-refractivity contribution is 7.16. The first-order valence-corrected chi connectivity index (χ1v) is 7.99. The highest BCUT2D eigenvalue weighted by Gasteiger charge is 2.24. The molecular formula is C14H22ClNOS. The fourth-order valence-corrected chi connectivity index (χ4v) is 3.87. The molecule has 1 saturated carbocycles. The smallest absolute Gasteiger partial charge is 0.0931 e. The Kier molecular flexibility index (Phi) is 5.49. The van der Waals surface area contributed by atoms with Crippen LogP contribution in [0.25, 0.3) is 0 Å². The van der Waals surface area contributed by atoms with Crippen molar-refractivity contribution in [1.82, 2.24) is 5.32 Å². The highest BCUT2D eigenvalue weighted by atomic mass is 35.5. The molecule has 1 aliphatic carbocycles. The maximum absolute atomic E-state index is 9.40. The van der Waals surface area contributed by atoms with E-state index in [-0.39, 0.29) is 0 Å². The molecule has 3 atom stereocenters. The second-order valence-electron chi connectivity index (χ2n) is 5.26. The van der Waals surface area contributed by atoms with E-state index in [1.807, 2.05) is 6.07 Å². The minimum absolute atomic E-state index is 0.339. The molecule has 102 valence electrons. The minimum Gasteiger partial charge on any atom is -0.396 e. The van der Waals surface area contributed by atoms with Gasteiger partial charge < -0.3 is 10.4 Å². The lowest BCUT2D eigenvalue weighted by atomic mass is 9.79. The van der Waals surface area contributed by atoms with Crippen LogP contribution in [0.1, 0.15) is 43.5 Å². The molecule has 4 heteroatoms. The summed E-state index contributed by atoms with van der Waals surface area (Å²) in [5, 5.41) is 13.0. The average molecular weight is 288 g/mol. The molecule has 0 aliphatic heterocycles. The Morgan fingerprint density at radius 3 is 2.72 bits per heavy atom. The topological polar surface area (TPSA) is 32.3 Å². The summed E-state index contributed by atoms with van der Waals surface area (Å²) >= 11 is 7.60. The maximum atomic E-state index is 9.40. The van der Waals surface area contributed by atoms with Gasteiger partial charge in [-0.2, -0.15) is 0 Å². The van der Waals surface area contributed by atoms with Gasteiger partial charge in [-0.3, -0.25) is 0 Å². The molecule has 1 fully saturated rings. The summed E-state index contributed by atoms with van der Waals surface area (Å²) in [5.74, 6) is 1.12. The molecule has 0 aromatic carbocycles. The quantitative estimate of drug-likeness (QED) is 0.862. The van der Waals surface area contributed by atoms with Crippen molar-refractivity contribution in [2.45, 2.75) is 38.6 Å². The second-order valence-corrected chi connectivity index (χ2v) is 7.01. The molecule has 0 bridgehead atoms. The molecule has 1 heterocycles. The number of halogens is 1.